The van der Waals surface area contributed by atoms with E-state index in [4.69, 9.17) is 17.0 Å². The molecule has 0 aliphatic carbocycles. The molecule has 1 aliphatic rings. The van der Waals surface area contributed by atoms with Gasteiger partial charge in [-0.15, -0.1) is 16.9 Å². The molecule has 1 saturated heterocycles. The highest BCUT2D eigenvalue weighted by atomic mass is 32.2. The van der Waals surface area contributed by atoms with Gasteiger partial charge in [-0.3, -0.25) is 9.69 Å². The Morgan fingerprint density at radius 3 is 2.88 bits per heavy atom. The summed E-state index contributed by atoms with van der Waals surface area (Å²) in [7, 11) is 1.43. The molecule has 1 aliphatic heterocycles. The number of carbonyl (C=O) groups is 1. The van der Waals surface area contributed by atoms with Gasteiger partial charge in [-0.2, -0.15) is 0 Å². The Balaban J connectivity index is 1.64. The van der Waals surface area contributed by atoms with E-state index in [0.29, 0.717) is 17.2 Å². The molecular weight excluding hydrogens is 388 g/mol. The summed E-state index contributed by atoms with van der Waals surface area (Å²) in [4.78, 5) is 14.0. The minimum absolute atomic E-state index is 0.142. The fourth-order valence-electron chi connectivity index (χ4n) is 2.69. The van der Waals surface area contributed by atoms with Crippen molar-refractivity contribution in [2.24, 2.45) is 0 Å². The molecule has 9 heteroatoms. The van der Waals surface area contributed by atoms with E-state index in [9.17, 15) is 4.79 Å². The number of rotatable bonds is 6. The zero-order valence-electron chi connectivity index (χ0n) is 14.8. The van der Waals surface area contributed by atoms with Crippen LogP contribution in [0.5, 0.6) is 0 Å². The number of thioether (sulfide) groups is 1. The third-order valence-electron chi connectivity index (χ3n) is 4.17. The summed E-state index contributed by atoms with van der Waals surface area (Å²) in [5, 5.41) is 8.53. The molecule has 0 bridgehead atoms. The predicted molar refractivity (Wildman–Crippen MR) is 110 cm³/mol. The number of hydrogen-bond acceptors (Lipinski definition) is 8. The van der Waals surface area contributed by atoms with E-state index in [1.165, 1.54) is 24.0 Å². The Bertz CT molecular complexity index is 803. The predicted octanol–water partition coefficient (Wildman–Crippen LogP) is 3.53. The molecule has 3 rings (SSSR count). The van der Waals surface area contributed by atoms with Crippen molar-refractivity contribution in [3.05, 3.63) is 33.8 Å². The van der Waals surface area contributed by atoms with Gasteiger partial charge in [-0.05, 0) is 36.3 Å². The van der Waals surface area contributed by atoms with Gasteiger partial charge < -0.3 is 10.1 Å². The Kier molecular flexibility index (Phi) is 6.68. The second kappa shape index (κ2) is 8.98. The number of ether oxygens (including phenoxy) is 1. The van der Waals surface area contributed by atoms with E-state index in [2.05, 4.69) is 46.5 Å². The standard InChI is InChI=1S/C17H22N4O2S3/c1-3-12-4-6-13(7-5-12)18-16-19-21(17(24)26-16)11-20-8-9-25-14(10-20)15(22)23-2/h4-7,14H,3,8-11H2,1-2H3,(H,18,19)/t14-/m0/s1. The van der Waals surface area contributed by atoms with Crippen LogP contribution in [0.2, 0.25) is 0 Å². The fourth-order valence-corrected chi connectivity index (χ4v) is 4.90. The third-order valence-corrected chi connectivity index (χ3v) is 6.55. The van der Waals surface area contributed by atoms with Gasteiger partial charge >= 0.3 is 5.97 Å². The van der Waals surface area contributed by atoms with Gasteiger partial charge in [0, 0.05) is 24.5 Å². The van der Waals surface area contributed by atoms with Crippen LogP contribution in [0.3, 0.4) is 0 Å². The van der Waals surface area contributed by atoms with Crippen LogP contribution in [0.4, 0.5) is 10.8 Å². The van der Waals surface area contributed by atoms with Crippen LogP contribution in [0, 0.1) is 3.95 Å². The normalized spacial score (nSPS) is 17.8. The zero-order chi connectivity index (χ0) is 18.5. The number of esters is 1. The van der Waals surface area contributed by atoms with Crippen molar-refractivity contribution in [2.45, 2.75) is 25.3 Å². The van der Waals surface area contributed by atoms with Crippen molar-refractivity contribution in [1.82, 2.24) is 14.7 Å². The van der Waals surface area contributed by atoms with Crippen molar-refractivity contribution in [1.29, 1.82) is 0 Å². The third kappa shape index (κ3) is 4.85. The van der Waals surface area contributed by atoms with Crippen molar-refractivity contribution in [3.8, 4) is 0 Å². The van der Waals surface area contributed by atoms with E-state index < -0.39 is 0 Å². The molecule has 6 nitrogen and oxygen atoms in total. The van der Waals surface area contributed by atoms with Crippen LogP contribution < -0.4 is 5.32 Å². The summed E-state index contributed by atoms with van der Waals surface area (Å²) >= 11 is 8.55. The summed E-state index contributed by atoms with van der Waals surface area (Å²) in [5.41, 5.74) is 2.30. The lowest BCUT2D eigenvalue weighted by atomic mass is 10.1. The highest BCUT2D eigenvalue weighted by molar-refractivity contribution is 8.00. The van der Waals surface area contributed by atoms with Gasteiger partial charge in [0.1, 0.15) is 5.25 Å². The summed E-state index contributed by atoms with van der Waals surface area (Å²) in [6, 6.07) is 8.32. The molecule has 140 valence electrons. The minimum Gasteiger partial charge on any atom is -0.468 e. The average molecular weight is 411 g/mol. The molecular formula is C17H22N4O2S3. The first-order valence-electron chi connectivity index (χ1n) is 8.44. The SMILES string of the molecule is CCc1ccc(Nc2nn(CN3CCS[C@H](C(=O)OC)C3)c(=S)s2)cc1. The summed E-state index contributed by atoms with van der Waals surface area (Å²) in [6.45, 7) is 4.27. The number of nitrogens with one attached hydrogen (secondary N) is 1. The lowest BCUT2D eigenvalue weighted by Gasteiger charge is -2.30. The Morgan fingerprint density at radius 2 is 2.19 bits per heavy atom. The van der Waals surface area contributed by atoms with Crippen molar-refractivity contribution in [3.63, 3.8) is 0 Å². The smallest absolute Gasteiger partial charge is 0.320 e. The molecule has 1 aromatic carbocycles. The second-order valence-electron chi connectivity index (χ2n) is 5.95. The molecule has 1 fully saturated rings. The van der Waals surface area contributed by atoms with Gasteiger partial charge in [-0.25, -0.2) is 4.68 Å². The topological polar surface area (TPSA) is 59.4 Å². The van der Waals surface area contributed by atoms with E-state index in [-0.39, 0.29) is 11.2 Å². The maximum Gasteiger partial charge on any atom is 0.320 e. The molecule has 0 saturated carbocycles. The average Bonchev–Trinajstić information content (AvgIpc) is 3.00. The first-order chi connectivity index (χ1) is 12.6. The monoisotopic (exact) mass is 410 g/mol. The van der Waals surface area contributed by atoms with Crippen LogP contribution in [-0.4, -0.2) is 51.9 Å². The Morgan fingerprint density at radius 1 is 1.42 bits per heavy atom. The van der Waals surface area contributed by atoms with E-state index in [0.717, 1.165) is 29.5 Å². The number of aromatic nitrogens is 2. The first kappa shape index (κ1) is 19.3. The number of hydrogen-bond donors (Lipinski definition) is 1. The van der Waals surface area contributed by atoms with Crippen LogP contribution in [-0.2, 0) is 22.6 Å². The van der Waals surface area contributed by atoms with Gasteiger partial charge in [0.05, 0.1) is 13.8 Å². The number of benzene rings is 1. The Labute approximate surface area is 166 Å². The molecule has 0 spiro atoms. The molecule has 26 heavy (non-hydrogen) atoms. The molecule has 1 aromatic heterocycles. The minimum atomic E-state index is -0.167. The van der Waals surface area contributed by atoms with Crippen molar-refractivity contribution >= 4 is 52.1 Å². The van der Waals surface area contributed by atoms with E-state index in [1.54, 1.807) is 11.8 Å². The number of nitrogens with zero attached hydrogens (tertiary/aromatic N) is 3. The van der Waals surface area contributed by atoms with E-state index in [1.807, 2.05) is 4.68 Å². The van der Waals surface area contributed by atoms with Gasteiger partial charge in [-0.1, -0.05) is 30.4 Å². The summed E-state index contributed by atoms with van der Waals surface area (Å²) in [6.07, 6.45) is 1.02. The Hall–Kier alpha value is -1.42. The molecule has 1 N–H and O–H groups in total. The summed E-state index contributed by atoms with van der Waals surface area (Å²) in [5.74, 6) is 0.728. The van der Waals surface area contributed by atoms with Gasteiger partial charge in [0.2, 0.25) is 5.13 Å². The first-order valence-corrected chi connectivity index (χ1v) is 10.7. The van der Waals surface area contributed by atoms with E-state index >= 15 is 0 Å². The zero-order valence-corrected chi connectivity index (χ0v) is 17.3. The lowest BCUT2D eigenvalue weighted by molar-refractivity contribution is -0.140. The van der Waals surface area contributed by atoms with Gasteiger partial charge in [0.15, 0.2) is 3.95 Å². The maximum atomic E-state index is 11.8. The summed E-state index contributed by atoms with van der Waals surface area (Å²) < 4.78 is 7.39. The number of methoxy groups -OCH3 is 1. The molecule has 2 aromatic rings. The van der Waals surface area contributed by atoms with Crippen LogP contribution in [0.1, 0.15) is 12.5 Å². The quantitative estimate of drug-likeness (QED) is 0.577. The molecule has 0 amide bonds. The fraction of sp³-hybridized carbons (Fsp3) is 0.471. The highest BCUT2D eigenvalue weighted by Crippen LogP contribution is 2.23. The largest absolute Gasteiger partial charge is 0.468 e. The number of anilines is 2. The number of carbonyl (C=O) groups excluding carboxylic acids is 1. The maximum absolute atomic E-state index is 11.8. The molecule has 0 unspecified atom stereocenters. The van der Waals surface area contributed by atoms with Crippen LogP contribution in [0.15, 0.2) is 24.3 Å². The molecule has 0 radical (unpaired) electrons. The van der Waals surface area contributed by atoms with Crippen LogP contribution in [0.25, 0.3) is 0 Å². The second-order valence-corrected chi connectivity index (χ2v) is 8.88. The molecule has 2 heterocycles. The van der Waals surface area contributed by atoms with Crippen LogP contribution >= 0.6 is 35.3 Å². The van der Waals surface area contributed by atoms with Crippen molar-refractivity contribution in [2.75, 3.05) is 31.3 Å². The van der Waals surface area contributed by atoms with Gasteiger partial charge in [0.25, 0.3) is 0 Å². The number of aryl methyl sites for hydroxylation is 1. The highest BCUT2D eigenvalue weighted by Gasteiger charge is 2.27. The molecule has 1 atom stereocenters. The lowest BCUT2D eigenvalue weighted by Crippen LogP contribution is -2.42. The van der Waals surface area contributed by atoms with Crippen molar-refractivity contribution < 1.29 is 9.53 Å².